The number of rotatable bonds is 3. The van der Waals surface area contributed by atoms with Gasteiger partial charge in [-0.2, -0.15) is 0 Å². The summed E-state index contributed by atoms with van der Waals surface area (Å²) in [6.45, 7) is 15.1. The van der Waals surface area contributed by atoms with Crippen molar-refractivity contribution in [3.05, 3.63) is 34.9 Å². The molecule has 0 amide bonds. The zero-order chi connectivity index (χ0) is 14.8. The average molecular weight is 261 g/mol. The van der Waals surface area contributed by atoms with Crippen molar-refractivity contribution in [2.75, 3.05) is 6.54 Å². The van der Waals surface area contributed by atoms with Crippen LogP contribution in [-0.4, -0.2) is 17.9 Å². The summed E-state index contributed by atoms with van der Waals surface area (Å²) in [6.07, 6.45) is 0. The molecular formula is C17H27NO. The number of benzene rings is 1. The number of hydrogen-bond donors (Lipinski definition) is 1. The summed E-state index contributed by atoms with van der Waals surface area (Å²) in [5, 5.41) is 3.26. The molecule has 0 spiro atoms. The smallest absolute Gasteiger partial charge is 0.176 e. The normalized spacial score (nSPS) is 12.6. The van der Waals surface area contributed by atoms with Crippen LogP contribution in [0.15, 0.2) is 18.2 Å². The Labute approximate surface area is 117 Å². The molecule has 1 rings (SSSR count). The molecule has 1 aromatic carbocycles. The van der Waals surface area contributed by atoms with Crippen LogP contribution >= 0.6 is 0 Å². The van der Waals surface area contributed by atoms with Gasteiger partial charge in [-0.15, -0.1) is 0 Å². The number of ketones is 1. The average Bonchev–Trinajstić information content (AvgIpc) is 2.24. The zero-order valence-corrected chi connectivity index (χ0v) is 13.3. The van der Waals surface area contributed by atoms with Crippen LogP contribution in [0.4, 0.5) is 0 Å². The van der Waals surface area contributed by atoms with E-state index in [1.54, 1.807) is 0 Å². The van der Waals surface area contributed by atoms with Gasteiger partial charge in [-0.1, -0.05) is 32.9 Å². The van der Waals surface area contributed by atoms with Crippen molar-refractivity contribution in [3.63, 3.8) is 0 Å². The Hall–Kier alpha value is -1.15. The summed E-state index contributed by atoms with van der Waals surface area (Å²) in [5.74, 6) is 0.165. The van der Waals surface area contributed by atoms with Crippen molar-refractivity contribution in [2.45, 2.75) is 59.4 Å². The van der Waals surface area contributed by atoms with E-state index in [-0.39, 0.29) is 16.7 Å². The largest absolute Gasteiger partial charge is 0.305 e. The number of nitrogens with one attached hydrogen (secondary N) is 1. The van der Waals surface area contributed by atoms with Crippen LogP contribution < -0.4 is 5.32 Å². The lowest BCUT2D eigenvalue weighted by atomic mass is 9.84. The van der Waals surface area contributed by atoms with Gasteiger partial charge in [0, 0.05) is 11.1 Å². The topological polar surface area (TPSA) is 29.1 Å². The molecule has 19 heavy (non-hydrogen) atoms. The number of hydrogen-bond acceptors (Lipinski definition) is 2. The third-order valence-electron chi connectivity index (χ3n) is 3.18. The van der Waals surface area contributed by atoms with Crippen LogP contribution in [0.2, 0.25) is 0 Å². The lowest BCUT2D eigenvalue weighted by Gasteiger charge is -2.22. The van der Waals surface area contributed by atoms with Gasteiger partial charge in [-0.25, -0.2) is 0 Å². The van der Waals surface area contributed by atoms with E-state index in [1.165, 1.54) is 5.56 Å². The number of aryl methyl sites for hydroxylation is 1. The predicted octanol–water partition coefficient (Wildman–Crippen LogP) is 3.86. The van der Waals surface area contributed by atoms with E-state index >= 15 is 0 Å². The quantitative estimate of drug-likeness (QED) is 0.837. The molecule has 2 heteroatoms. The van der Waals surface area contributed by atoms with Gasteiger partial charge in [0.2, 0.25) is 0 Å². The van der Waals surface area contributed by atoms with E-state index in [9.17, 15) is 4.79 Å². The number of carbonyl (C=O) groups is 1. The molecule has 0 fully saturated rings. The highest BCUT2D eigenvalue weighted by molar-refractivity contribution is 5.99. The van der Waals surface area contributed by atoms with Crippen LogP contribution in [0.5, 0.6) is 0 Å². The summed E-state index contributed by atoms with van der Waals surface area (Å²) >= 11 is 0. The van der Waals surface area contributed by atoms with Crippen molar-refractivity contribution in [3.8, 4) is 0 Å². The first-order valence-electron chi connectivity index (χ1n) is 6.90. The van der Waals surface area contributed by atoms with E-state index < -0.39 is 0 Å². The molecule has 2 nitrogen and oxygen atoms in total. The van der Waals surface area contributed by atoms with Crippen LogP contribution in [-0.2, 0) is 5.41 Å². The molecule has 1 aromatic rings. The molecule has 0 saturated heterocycles. The van der Waals surface area contributed by atoms with Gasteiger partial charge in [-0.05, 0) is 50.3 Å². The predicted molar refractivity (Wildman–Crippen MR) is 82.0 cm³/mol. The Kier molecular flexibility index (Phi) is 4.57. The number of carbonyl (C=O) groups excluding carboxylic acids is 1. The molecule has 0 heterocycles. The molecule has 0 aliphatic rings. The second-order valence-electron chi connectivity index (χ2n) is 7.31. The van der Waals surface area contributed by atoms with E-state index in [0.29, 0.717) is 6.54 Å². The van der Waals surface area contributed by atoms with Crippen LogP contribution in [0.3, 0.4) is 0 Å². The van der Waals surface area contributed by atoms with Gasteiger partial charge in [0.25, 0.3) is 0 Å². The van der Waals surface area contributed by atoms with Crippen LogP contribution in [0.25, 0.3) is 0 Å². The highest BCUT2D eigenvalue weighted by Crippen LogP contribution is 2.24. The summed E-state index contributed by atoms with van der Waals surface area (Å²) in [7, 11) is 0. The minimum atomic E-state index is -0.0365. The van der Waals surface area contributed by atoms with Crippen molar-refractivity contribution < 1.29 is 4.79 Å². The Morgan fingerprint density at radius 1 is 1.11 bits per heavy atom. The van der Waals surface area contributed by atoms with Crippen molar-refractivity contribution >= 4 is 5.78 Å². The standard InChI is InChI=1S/C17H27NO/c1-12-8-9-13(16(2,3)4)10-14(12)15(19)11-18-17(5,6)7/h8-10,18H,11H2,1-7H3. The fourth-order valence-corrected chi connectivity index (χ4v) is 1.83. The highest BCUT2D eigenvalue weighted by Gasteiger charge is 2.18. The van der Waals surface area contributed by atoms with Gasteiger partial charge >= 0.3 is 0 Å². The van der Waals surface area contributed by atoms with Crippen LogP contribution in [0, 0.1) is 6.92 Å². The molecule has 0 aliphatic heterocycles. The first kappa shape index (κ1) is 15.9. The summed E-state index contributed by atoms with van der Waals surface area (Å²) in [4.78, 5) is 12.3. The highest BCUT2D eigenvalue weighted by atomic mass is 16.1. The van der Waals surface area contributed by atoms with E-state index in [0.717, 1.165) is 11.1 Å². The van der Waals surface area contributed by atoms with Crippen molar-refractivity contribution in [1.29, 1.82) is 0 Å². The van der Waals surface area contributed by atoms with Gasteiger partial charge in [0.1, 0.15) is 0 Å². The zero-order valence-electron chi connectivity index (χ0n) is 13.3. The molecular weight excluding hydrogens is 234 g/mol. The minimum absolute atomic E-state index is 0.0365. The Morgan fingerprint density at radius 2 is 1.68 bits per heavy atom. The minimum Gasteiger partial charge on any atom is -0.305 e. The fraction of sp³-hybridized carbons (Fsp3) is 0.588. The molecule has 0 aromatic heterocycles. The Bertz CT molecular complexity index is 461. The van der Waals surface area contributed by atoms with Gasteiger partial charge in [-0.3, -0.25) is 4.79 Å². The maximum Gasteiger partial charge on any atom is 0.176 e. The third-order valence-corrected chi connectivity index (χ3v) is 3.18. The molecule has 106 valence electrons. The third kappa shape index (κ3) is 4.79. The summed E-state index contributed by atoms with van der Waals surface area (Å²) < 4.78 is 0. The summed E-state index contributed by atoms with van der Waals surface area (Å²) in [5.41, 5.74) is 3.13. The SMILES string of the molecule is Cc1ccc(C(C)(C)C)cc1C(=O)CNC(C)(C)C. The Balaban J connectivity index is 2.97. The number of Topliss-reactive ketones (excluding diaryl/α,β-unsaturated/α-hetero) is 1. The first-order valence-corrected chi connectivity index (χ1v) is 6.90. The molecule has 0 saturated carbocycles. The maximum absolute atomic E-state index is 12.3. The van der Waals surface area contributed by atoms with Gasteiger partial charge < -0.3 is 5.32 Å². The monoisotopic (exact) mass is 261 g/mol. The van der Waals surface area contributed by atoms with E-state index in [2.05, 4.69) is 52.9 Å². The van der Waals surface area contributed by atoms with Crippen LogP contribution in [0.1, 0.15) is 63.0 Å². The first-order chi connectivity index (χ1) is 8.50. The Morgan fingerprint density at radius 3 is 2.16 bits per heavy atom. The molecule has 0 atom stereocenters. The molecule has 0 bridgehead atoms. The lowest BCUT2D eigenvalue weighted by Crippen LogP contribution is -2.39. The maximum atomic E-state index is 12.3. The second-order valence-corrected chi connectivity index (χ2v) is 7.31. The summed E-state index contributed by atoms with van der Waals surface area (Å²) in [6, 6.07) is 6.20. The molecule has 0 unspecified atom stereocenters. The van der Waals surface area contributed by atoms with E-state index in [1.807, 2.05) is 19.1 Å². The molecule has 1 N–H and O–H groups in total. The van der Waals surface area contributed by atoms with Crippen molar-refractivity contribution in [2.24, 2.45) is 0 Å². The molecule has 0 aliphatic carbocycles. The lowest BCUT2D eigenvalue weighted by molar-refractivity contribution is 0.0981. The van der Waals surface area contributed by atoms with E-state index in [4.69, 9.17) is 0 Å². The van der Waals surface area contributed by atoms with Gasteiger partial charge in [0.15, 0.2) is 5.78 Å². The molecule has 0 radical (unpaired) electrons. The van der Waals surface area contributed by atoms with Crippen molar-refractivity contribution in [1.82, 2.24) is 5.32 Å². The fourth-order valence-electron chi connectivity index (χ4n) is 1.83. The second kappa shape index (κ2) is 5.46. The van der Waals surface area contributed by atoms with Gasteiger partial charge in [0.05, 0.1) is 6.54 Å².